The van der Waals surface area contributed by atoms with Crippen molar-refractivity contribution < 1.29 is 14.7 Å². The lowest BCUT2D eigenvalue weighted by atomic mass is 9.67. The molecule has 1 aliphatic carbocycles. The van der Waals surface area contributed by atoms with E-state index in [0.717, 1.165) is 19.3 Å². The first-order chi connectivity index (χ1) is 9.43. The molecule has 6 nitrogen and oxygen atoms in total. The summed E-state index contributed by atoms with van der Waals surface area (Å²) in [5.74, 6) is 0.0978. The van der Waals surface area contributed by atoms with Crippen LogP contribution in [0.3, 0.4) is 0 Å². The van der Waals surface area contributed by atoms with E-state index in [-0.39, 0.29) is 30.3 Å². The first-order valence-electron chi connectivity index (χ1n) is 7.40. The van der Waals surface area contributed by atoms with Crippen molar-refractivity contribution in [2.75, 3.05) is 20.1 Å². The zero-order valence-electron chi connectivity index (χ0n) is 12.5. The number of aliphatic hydroxyl groups is 1. The number of rotatable bonds is 4. The maximum atomic E-state index is 12.8. The Morgan fingerprint density at radius 2 is 2.00 bits per heavy atom. The van der Waals surface area contributed by atoms with Gasteiger partial charge in [-0.25, -0.2) is 4.79 Å². The van der Waals surface area contributed by atoms with Crippen molar-refractivity contribution in [2.24, 2.45) is 11.8 Å². The van der Waals surface area contributed by atoms with Gasteiger partial charge < -0.3 is 15.7 Å². The summed E-state index contributed by atoms with van der Waals surface area (Å²) in [4.78, 5) is 26.1. The third-order valence-electron chi connectivity index (χ3n) is 4.82. The molecule has 3 atom stereocenters. The van der Waals surface area contributed by atoms with E-state index in [0.29, 0.717) is 6.54 Å². The second-order valence-electron chi connectivity index (χ2n) is 6.16. The number of aliphatic hydroxyl groups excluding tert-OH is 1. The van der Waals surface area contributed by atoms with Crippen LogP contribution in [0, 0.1) is 11.8 Å². The average Bonchev–Trinajstić information content (AvgIpc) is 2.62. The molecule has 6 heteroatoms. The Balaban J connectivity index is 2.19. The van der Waals surface area contributed by atoms with Crippen LogP contribution >= 0.6 is 0 Å². The Morgan fingerprint density at radius 1 is 1.40 bits per heavy atom. The number of nitrogens with zero attached hydrogens (tertiary/aromatic N) is 1. The Hall–Kier alpha value is -1.14. The van der Waals surface area contributed by atoms with E-state index in [1.165, 1.54) is 4.90 Å². The zero-order chi connectivity index (χ0) is 14.9. The second kappa shape index (κ2) is 5.69. The molecule has 3 amide bonds. The quantitative estimate of drug-likeness (QED) is 0.649. The molecule has 0 radical (unpaired) electrons. The van der Waals surface area contributed by atoms with Crippen LogP contribution in [0.1, 0.15) is 33.1 Å². The summed E-state index contributed by atoms with van der Waals surface area (Å²) < 4.78 is 0. The Labute approximate surface area is 119 Å². The highest BCUT2D eigenvalue weighted by molar-refractivity contribution is 6.07. The minimum atomic E-state index is -0.769. The Morgan fingerprint density at radius 3 is 2.55 bits per heavy atom. The SMILES string of the molecule is CNCC(O)CN1C(=O)NC2(C1=O)C(C)CCCC2C. The fourth-order valence-corrected chi connectivity index (χ4v) is 3.63. The number of carbonyl (C=O) groups is 2. The van der Waals surface area contributed by atoms with Crippen molar-refractivity contribution in [3.05, 3.63) is 0 Å². The number of nitrogens with one attached hydrogen (secondary N) is 2. The monoisotopic (exact) mass is 283 g/mol. The topological polar surface area (TPSA) is 81.7 Å². The smallest absolute Gasteiger partial charge is 0.325 e. The molecular formula is C14H25N3O3. The van der Waals surface area contributed by atoms with Crippen LogP contribution in [0.4, 0.5) is 4.79 Å². The number of hydrogen-bond donors (Lipinski definition) is 3. The molecule has 0 aromatic carbocycles. The first-order valence-corrected chi connectivity index (χ1v) is 7.40. The van der Waals surface area contributed by atoms with Crippen molar-refractivity contribution in [2.45, 2.75) is 44.8 Å². The molecule has 1 aliphatic heterocycles. The minimum Gasteiger partial charge on any atom is -0.390 e. The van der Waals surface area contributed by atoms with E-state index in [2.05, 4.69) is 10.6 Å². The normalized spacial score (nSPS) is 35.5. The van der Waals surface area contributed by atoms with Gasteiger partial charge in [-0.2, -0.15) is 0 Å². The highest BCUT2D eigenvalue weighted by atomic mass is 16.3. The summed E-state index contributed by atoms with van der Waals surface area (Å²) in [6.45, 7) is 4.46. The van der Waals surface area contributed by atoms with Crippen LogP contribution in [-0.2, 0) is 4.79 Å². The minimum absolute atomic E-state index is 0.0483. The zero-order valence-corrected chi connectivity index (χ0v) is 12.5. The van der Waals surface area contributed by atoms with Gasteiger partial charge in [-0.05, 0) is 31.7 Å². The molecule has 2 aliphatic rings. The number of carbonyl (C=O) groups excluding carboxylic acids is 2. The predicted molar refractivity (Wildman–Crippen MR) is 75.1 cm³/mol. The molecule has 0 bridgehead atoms. The Kier molecular flexibility index (Phi) is 4.34. The average molecular weight is 283 g/mol. The van der Waals surface area contributed by atoms with Gasteiger partial charge in [-0.1, -0.05) is 20.3 Å². The maximum absolute atomic E-state index is 12.8. The molecule has 3 N–H and O–H groups in total. The van der Waals surface area contributed by atoms with Crippen molar-refractivity contribution in [1.29, 1.82) is 0 Å². The van der Waals surface area contributed by atoms with Crippen LogP contribution in [0.5, 0.6) is 0 Å². The summed E-state index contributed by atoms with van der Waals surface area (Å²) in [6, 6.07) is -0.370. The van der Waals surface area contributed by atoms with Gasteiger partial charge in [-0.15, -0.1) is 0 Å². The predicted octanol–water partition coefficient (Wildman–Crippen LogP) is 0.313. The number of amides is 3. The number of hydrogen-bond acceptors (Lipinski definition) is 4. The van der Waals surface area contributed by atoms with E-state index >= 15 is 0 Å². The summed E-state index contributed by atoms with van der Waals surface area (Å²) in [6.07, 6.45) is 2.25. The van der Waals surface area contributed by atoms with Crippen molar-refractivity contribution >= 4 is 11.9 Å². The lowest BCUT2D eigenvalue weighted by Crippen LogP contribution is -2.59. The van der Waals surface area contributed by atoms with E-state index in [1.807, 2.05) is 13.8 Å². The molecule has 2 rings (SSSR count). The van der Waals surface area contributed by atoms with Crippen LogP contribution < -0.4 is 10.6 Å². The summed E-state index contributed by atoms with van der Waals surface area (Å²) >= 11 is 0. The molecule has 0 aromatic rings. The van der Waals surface area contributed by atoms with E-state index in [9.17, 15) is 14.7 Å². The van der Waals surface area contributed by atoms with E-state index in [1.54, 1.807) is 7.05 Å². The van der Waals surface area contributed by atoms with E-state index < -0.39 is 11.6 Å². The van der Waals surface area contributed by atoms with E-state index in [4.69, 9.17) is 0 Å². The van der Waals surface area contributed by atoms with Crippen molar-refractivity contribution in [1.82, 2.24) is 15.5 Å². The highest BCUT2D eigenvalue weighted by Gasteiger charge is 2.58. The molecule has 114 valence electrons. The molecule has 3 unspecified atom stereocenters. The summed E-state index contributed by atoms with van der Waals surface area (Å²) in [5.41, 5.74) is -0.769. The Bertz CT molecular complexity index is 389. The third-order valence-corrected chi connectivity index (χ3v) is 4.82. The van der Waals surface area contributed by atoms with Crippen molar-refractivity contribution in [3.8, 4) is 0 Å². The van der Waals surface area contributed by atoms with Gasteiger partial charge in [0.1, 0.15) is 5.54 Å². The van der Waals surface area contributed by atoms with Crippen LogP contribution in [0.15, 0.2) is 0 Å². The molecule has 0 aromatic heterocycles. The van der Waals surface area contributed by atoms with Gasteiger partial charge in [0.05, 0.1) is 12.6 Å². The van der Waals surface area contributed by atoms with Gasteiger partial charge in [0.2, 0.25) is 0 Å². The van der Waals surface area contributed by atoms with Crippen molar-refractivity contribution in [3.63, 3.8) is 0 Å². The fraction of sp³-hybridized carbons (Fsp3) is 0.857. The summed E-state index contributed by atoms with van der Waals surface area (Å²) in [5, 5.41) is 15.6. The number of likely N-dealkylation sites (N-methyl/N-ethyl adjacent to an activating group) is 1. The van der Waals surface area contributed by atoms with Gasteiger partial charge in [0.15, 0.2) is 0 Å². The lowest BCUT2D eigenvalue weighted by Gasteiger charge is -2.42. The van der Waals surface area contributed by atoms with Gasteiger partial charge in [-0.3, -0.25) is 9.69 Å². The van der Waals surface area contributed by atoms with Gasteiger partial charge in [0.25, 0.3) is 5.91 Å². The third kappa shape index (κ3) is 2.31. The largest absolute Gasteiger partial charge is 0.390 e. The first kappa shape index (κ1) is 15.3. The number of β-amino-alcohol motifs (C(OH)–C–C–N with tert-alkyl or cyclic N) is 1. The van der Waals surface area contributed by atoms with Gasteiger partial charge in [0, 0.05) is 6.54 Å². The second-order valence-corrected chi connectivity index (χ2v) is 6.16. The van der Waals surface area contributed by atoms with Crippen LogP contribution in [0.2, 0.25) is 0 Å². The maximum Gasteiger partial charge on any atom is 0.325 e. The molecule has 1 heterocycles. The van der Waals surface area contributed by atoms with Crippen LogP contribution in [-0.4, -0.2) is 53.7 Å². The highest BCUT2D eigenvalue weighted by Crippen LogP contribution is 2.42. The molecule has 1 saturated carbocycles. The number of urea groups is 1. The molecular weight excluding hydrogens is 258 g/mol. The molecule has 1 spiro atoms. The standard InChI is InChI=1S/C14H25N3O3/c1-9-5-4-6-10(2)14(9)12(19)17(13(20)16-14)8-11(18)7-15-3/h9-11,15,18H,4-8H2,1-3H3,(H,16,20). The number of imide groups is 1. The molecule has 2 fully saturated rings. The van der Waals surface area contributed by atoms with Crippen LogP contribution in [0.25, 0.3) is 0 Å². The lowest BCUT2D eigenvalue weighted by molar-refractivity contribution is -0.137. The molecule has 20 heavy (non-hydrogen) atoms. The fourth-order valence-electron chi connectivity index (χ4n) is 3.63. The summed E-state index contributed by atoms with van der Waals surface area (Å²) in [7, 11) is 1.72. The molecule has 1 saturated heterocycles. The van der Waals surface area contributed by atoms with Gasteiger partial charge >= 0.3 is 6.03 Å².